The third-order valence-corrected chi connectivity index (χ3v) is 5.31. The van der Waals surface area contributed by atoms with Crippen molar-refractivity contribution < 1.29 is 19.4 Å². The minimum absolute atomic E-state index is 0.134. The highest BCUT2D eigenvalue weighted by atomic mass is 16.5. The molecule has 1 atom stereocenters. The number of carbonyl (C=O) groups excluding carboxylic acids is 1. The van der Waals surface area contributed by atoms with Crippen molar-refractivity contribution in [2.75, 3.05) is 0 Å². The SMILES string of the molecule is CCCCCCCC/C=C\CCCCCCCC(=O)OC(CC)CCCC(=O)O. The average Bonchev–Trinajstić information content (AvgIpc) is 2.69. The van der Waals surface area contributed by atoms with E-state index in [1.165, 1.54) is 70.6 Å². The van der Waals surface area contributed by atoms with E-state index in [1.54, 1.807) is 0 Å². The number of unbranched alkanes of at least 4 members (excludes halogenated alkanes) is 11. The van der Waals surface area contributed by atoms with Crippen molar-refractivity contribution in [1.29, 1.82) is 0 Å². The molecule has 0 amide bonds. The van der Waals surface area contributed by atoms with Crippen LogP contribution in [0, 0.1) is 0 Å². The van der Waals surface area contributed by atoms with Crippen LogP contribution in [-0.4, -0.2) is 23.1 Å². The zero-order valence-corrected chi connectivity index (χ0v) is 19.1. The van der Waals surface area contributed by atoms with Gasteiger partial charge in [-0.15, -0.1) is 0 Å². The molecular weight excluding hydrogens is 364 g/mol. The molecule has 0 aromatic carbocycles. The van der Waals surface area contributed by atoms with E-state index in [0.717, 1.165) is 19.3 Å². The summed E-state index contributed by atoms with van der Waals surface area (Å²) in [6.07, 6.45) is 23.3. The first-order valence-electron chi connectivity index (χ1n) is 12.2. The Morgan fingerprint density at radius 1 is 0.759 bits per heavy atom. The lowest BCUT2D eigenvalue weighted by molar-refractivity contribution is -0.149. The van der Waals surface area contributed by atoms with Crippen molar-refractivity contribution in [2.45, 2.75) is 136 Å². The average molecular weight is 411 g/mol. The van der Waals surface area contributed by atoms with Gasteiger partial charge in [0.2, 0.25) is 0 Å². The van der Waals surface area contributed by atoms with E-state index in [2.05, 4.69) is 19.1 Å². The standard InChI is InChI=1S/C25H46O4/c1-3-5-6-7-8-9-10-11-12-13-14-15-16-17-18-22-25(28)29-23(4-2)20-19-21-24(26)27/h11-12,23H,3-10,13-22H2,1-2H3,(H,26,27)/b12-11-. The second-order valence-corrected chi connectivity index (χ2v) is 8.14. The molecule has 170 valence electrons. The normalized spacial score (nSPS) is 12.3. The molecular formula is C25H46O4. The maximum absolute atomic E-state index is 11.9. The predicted molar refractivity (Wildman–Crippen MR) is 121 cm³/mol. The van der Waals surface area contributed by atoms with Crippen LogP contribution in [0.25, 0.3) is 0 Å². The van der Waals surface area contributed by atoms with Crippen LogP contribution in [0.2, 0.25) is 0 Å². The molecule has 0 fully saturated rings. The fourth-order valence-corrected chi connectivity index (χ4v) is 3.41. The number of ether oxygens (including phenoxy) is 1. The van der Waals surface area contributed by atoms with E-state index in [4.69, 9.17) is 9.84 Å². The first kappa shape index (κ1) is 27.7. The summed E-state index contributed by atoms with van der Waals surface area (Å²) < 4.78 is 5.46. The highest BCUT2D eigenvalue weighted by molar-refractivity contribution is 5.69. The molecule has 0 aromatic rings. The minimum atomic E-state index is -0.792. The third kappa shape index (κ3) is 21.2. The molecule has 1 N–H and O–H groups in total. The van der Waals surface area contributed by atoms with Gasteiger partial charge in [-0.05, 0) is 51.4 Å². The number of rotatable bonds is 21. The quantitative estimate of drug-likeness (QED) is 0.120. The summed E-state index contributed by atoms with van der Waals surface area (Å²) in [6.45, 7) is 4.23. The monoisotopic (exact) mass is 410 g/mol. The number of carbonyl (C=O) groups is 2. The van der Waals surface area contributed by atoms with Gasteiger partial charge in [-0.3, -0.25) is 9.59 Å². The zero-order chi connectivity index (χ0) is 21.6. The first-order chi connectivity index (χ1) is 14.1. The summed E-state index contributed by atoms with van der Waals surface area (Å²) in [6, 6.07) is 0. The summed E-state index contributed by atoms with van der Waals surface area (Å²) in [5, 5.41) is 8.67. The van der Waals surface area contributed by atoms with Gasteiger partial charge in [0.1, 0.15) is 6.10 Å². The van der Waals surface area contributed by atoms with Crippen molar-refractivity contribution in [2.24, 2.45) is 0 Å². The Kier molecular flexibility index (Phi) is 20.4. The molecule has 0 aliphatic heterocycles. The Bertz CT molecular complexity index is 417. The number of esters is 1. The predicted octanol–water partition coefficient (Wildman–Crippen LogP) is 7.60. The van der Waals surface area contributed by atoms with E-state index in [0.29, 0.717) is 19.3 Å². The topological polar surface area (TPSA) is 63.6 Å². The molecule has 0 spiro atoms. The van der Waals surface area contributed by atoms with Crippen LogP contribution in [0.3, 0.4) is 0 Å². The highest BCUT2D eigenvalue weighted by Crippen LogP contribution is 2.13. The van der Waals surface area contributed by atoms with Gasteiger partial charge in [-0.2, -0.15) is 0 Å². The van der Waals surface area contributed by atoms with Crippen molar-refractivity contribution in [3.8, 4) is 0 Å². The van der Waals surface area contributed by atoms with Gasteiger partial charge in [0.15, 0.2) is 0 Å². The van der Waals surface area contributed by atoms with E-state index in [9.17, 15) is 9.59 Å². The highest BCUT2D eigenvalue weighted by Gasteiger charge is 2.12. The van der Waals surface area contributed by atoms with Crippen LogP contribution in [0.5, 0.6) is 0 Å². The van der Waals surface area contributed by atoms with Crippen LogP contribution in [-0.2, 0) is 14.3 Å². The second-order valence-electron chi connectivity index (χ2n) is 8.14. The van der Waals surface area contributed by atoms with Gasteiger partial charge in [-0.1, -0.05) is 77.4 Å². The molecule has 0 heterocycles. The molecule has 0 saturated heterocycles. The Hall–Kier alpha value is -1.32. The third-order valence-electron chi connectivity index (χ3n) is 5.31. The number of carboxylic acids is 1. The van der Waals surface area contributed by atoms with Gasteiger partial charge < -0.3 is 9.84 Å². The molecule has 0 rings (SSSR count). The molecule has 0 bridgehead atoms. The second kappa shape index (κ2) is 21.4. The number of aliphatic carboxylic acids is 1. The largest absolute Gasteiger partial charge is 0.481 e. The Labute approximate surface area is 179 Å². The lowest BCUT2D eigenvalue weighted by atomic mass is 10.1. The van der Waals surface area contributed by atoms with Crippen molar-refractivity contribution in [3.05, 3.63) is 12.2 Å². The summed E-state index contributed by atoms with van der Waals surface area (Å²) in [4.78, 5) is 22.4. The summed E-state index contributed by atoms with van der Waals surface area (Å²) in [7, 11) is 0. The number of carboxylic acid groups (broad SMARTS) is 1. The molecule has 4 nitrogen and oxygen atoms in total. The fourth-order valence-electron chi connectivity index (χ4n) is 3.41. The fraction of sp³-hybridized carbons (Fsp3) is 0.840. The van der Waals surface area contributed by atoms with Crippen LogP contribution < -0.4 is 0 Å². The molecule has 1 unspecified atom stereocenters. The van der Waals surface area contributed by atoms with E-state index in [1.807, 2.05) is 6.92 Å². The molecule has 0 aliphatic carbocycles. The minimum Gasteiger partial charge on any atom is -0.481 e. The van der Waals surface area contributed by atoms with Gasteiger partial charge in [-0.25, -0.2) is 0 Å². The van der Waals surface area contributed by atoms with E-state index in [-0.39, 0.29) is 18.5 Å². The summed E-state index contributed by atoms with van der Waals surface area (Å²) in [5.41, 5.74) is 0. The first-order valence-corrected chi connectivity index (χ1v) is 12.2. The van der Waals surface area contributed by atoms with Crippen LogP contribution in [0.15, 0.2) is 12.2 Å². The van der Waals surface area contributed by atoms with Crippen LogP contribution >= 0.6 is 0 Å². The Morgan fingerprint density at radius 3 is 1.86 bits per heavy atom. The molecule has 29 heavy (non-hydrogen) atoms. The Balaban J connectivity index is 3.45. The zero-order valence-electron chi connectivity index (χ0n) is 19.1. The lowest BCUT2D eigenvalue weighted by Crippen LogP contribution is -2.17. The molecule has 0 saturated carbocycles. The summed E-state index contributed by atoms with van der Waals surface area (Å²) in [5.74, 6) is -0.927. The van der Waals surface area contributed by atoms with Gasteiger partial charge in [0.25, 0.3) is 0 Å². The molecule has 0 aromatic heterocycles. The van der Waals surface area contributed by atoms with Gasteiger partial charge in [0, 0.05) is 12.8 Å². The summed E-state index contributed by atoms with van der Waals surface area (Å²) >= 11 is 0. The van der Waals surface area contributed by atoms with E-state index >= 15 is 0 Å². The molecule has 0 radical (unpaired) electrons. The van der Waals surface area contributed by atoms with E-state index < -0.39 is 5.97 Å². The number of hydrogen-bond acceptors (Lipinski definition) is 3. The maximum Gasteiger partial charge on any atom is 0.306 e. The molecule has 0 aliphatic rings. The van der Waals surface area contributed by atoms with Crippen LogP contribution in [0.4, 0.5) is 0 Å². The Morgan fingerprint density at radius 2 is 1.31 bits per heavy atom. The van der Waals surface area contributed by atoms with Gasteiger partial charge >= 0.3 is 11.9 Å². The lowest BCUT2D eigenvalue weighted by Gasteiger charge is -2.15. The van der Waals surface area contributed by atoms with Gasteiger partial charge in [0.05, 0.1) is 0 Å². The smallest absolute Gasteiger partial charge is 0.306 e. The van der Waals surface area contributed by atoms with Crippen molar-refractivity contribution in [3.63, 3.8) is 0 Å². The number of hydrogen-bond donors (Lipinski definition) is 1. The van der Waals surface area contributed by atoms with Crippen molar-refractivity contribution >= 4 is 11.9 Å². The maximum atomic E-state index is 11.9. The number of allylic oxidation sites excluding steroid dienone is 2. The molecule has 4 heteroatoms. The van der Waals surface area contributed by atoms with Crippen LogP contribution in [0.1, 0.15) is 129 Å². The van der Waals surface area contributed by atoms with Crippen molar-refractivity contribution in [1.82, 2.24) is 0 Å².